The molecule has 0 saturated carbocycles. The van der Waals surface area contributed by atoms with Crippen molar-refractivity contribution < 1.29 is 4.79 Å². The minimum Gasteiger partial charge on any atom is -0.323 e. The zero-order chi connectivity index (χ0) is 16.4. The first-order valence-electron chi connectivity index (χ1n) is 8.27. The number of anilines is 1. The molecule has 1 saturated heterocycles. The first-order chi connectivity index (χ1) is 11.8. The van der Waals surface area contributed by atoms with E-state index in [0.29, 0.717) is 6.04 Å². The normalized spacial score (nSPS) is 20.7. The number of nitrogens with one attached hydrogen (secondary N) is 1. The van der Waals surface area contributed by atoms with Crippen molar-refractivity contribution in [2.24, 2.45) is 0 Å². The lowest BCUT2D eigenvalue weighted by molar-refractivity contribution is 0.212. The maximum atomic E-state index is 12.5. The molecule has 1 aromatic heterocycles. The van der Waals surface area contributed by atoms with Crippen molar-refractivity contribution in [3.8, 4) is 11.3 Å². The van der Waals surface area contributed by atoms with Crippen molar-refractivity contribution in [2.45, 2.75) is 12.5 Å². The molecule has 2 aliphatic rings. The van der Waals surface area contributed by atoms with Crippen molar-refractivity contribution in [2.75, 3.05) is 31.5 Å². The van der Waals surface area contributed by atoms with Crippen LogP contribution in [0.5, 0.6) is 0 Å². The van der Waals surface area contributed by atoms with E-state index in [2.05, 4.69) is 26.7 Å². The predicted molar refractivity (Wildman–Crippen MR) is 97.3 cm³/mol. The Morgan fingerprint density at radius 2 is 2.00 bits per heavy atom. The molecule has 0 radical (unpaired) electrons. The summed E-state index contributed by atoms with van der Waals surface area (Å²) in [6, 6.07) is 12.4. The number of nitrogens with zero attached hydrogens (tertiary/aromatic N) is 3. The highest BCUT2D eigenvalue weighted by molar-refractivity contribution is 7.10. The molecule has 5 nitrogen and oxygen atoms in total. The van der Waals surface area contributed by atoms with Crippen LogP contribution < -0.4 is 5.32 Å². The van der Waals surface area contributed by atoms with Gasteiger partial charge in [-0.15, -0.1) is 0 Å². The van der Waals surface area contributed by atoms with Crippen LogP contribution in [0, 0.1) is 0 Å². The lowest BCUT2D eigenvalue weighted by Gasteiger charge is -2.23. The highest BCUT2D eigenvalue weighted by Crippen LogP contribution is 2.26. The van der Waals surface area contributed by atoms with E-state index >= 15 is 0 Å². The van der Waals surface area contributed by atoms with Crippen LogP contribution in [0.4, 0.5) is 9.80 Å². The van der Waals surface area contributed by atoms with Crippen molar-refractivity contribution in [3.05, 3.63) is 48.6 Å². The van der Waals surface area contributed by atoms with Crippen LogP contribution in [0.2, 0.25) is 0 Å². The Balaban J connectivity index is 1.36. The summed E-state index contributed by atoms with van der Waals surface area (Å²) in [5.74, 6) is 0. The van der Waals surface area contributed by atoms with Gasteiger partial charge in [-0.2, -0.15) is 4.37 Å². The Morgan fingerprint density at radius 1 is 1.21 bits per heavy atom. The number of benzene rings is 1. The number of carbonyl (C=O) groups excluding carboxylic acids is 1. The zero-order valence-electron chi connectivity index (χ0n) is 13.4. The van der Waals surface area contributed by atoms with E-state index in [1.807, 2.05) is 41.3 Å². The Labute approximate surface area is 145 Å². The fourth-order valence-electron chi connectivity index (χ4n) is 3.28. The molecule has 24 heavy (non-hydrogen) atoms. The van der Waals surface area contributed by atoms with E-state index in [1.165, 1.54) is 11.5 Å². The second kappa shape index (κ2) is 6.75. The largest absolute Gasteiger partial charge is 0.323 e. The topological polar surface area (TPSA) is 48.5 Å². The number of rotatable bonds is 3. The quantitative estimate of drug-likeness (QED) is 0.872. The standard InChI is InChI=1S/C18H20N4OS/c23-18(22-11-8-15(13-22)21-9-4-5-10-21)19-17-12-16(20-24-17)14-6-2-1-3-7-14/h1-7,12,15H,8-11,13H2,(H,19,23)/t15-/m1/s1. The molecule has 1 atom stereocenters. The average Bonchev–Trinajstić information content (AvgIpc) is 3.36. The first kappa shape index (κ1) is 15.4. The molecule has 1 aromatic carbocycles. The van der Waals surface area contributed by atoms with Gasteiger partial charge in [0.2, 0.25) is 0 Å². The molecule has 124 valence electrons. The third-order valence-electron chi connectivity index (χ3n) is 4.62. The van der Waals surface area contributed by atoms with E-state index in [4.69, 9.17) is 0 Å². The maximum Gasteiger partial charge on any atom is 0.322 e. The molecule has 1 N–H and O–H groups in total. The smallest absolute Gasteiger partial charge is 0.322 e. The summed E-state index contributed by atoms with van der Waals surface area (Å²) >= 11 is 1.33. The van der Waals surface area contributed by atoms with Gasteiger partial charge in [0.05, 0.1) is 5.69 Å². The molecule has 0 spiro atoms. The third kappa shape index (κ3) is 3.20. The summed E-state index contributed by atoms with van der Waals surface area (Å²) in [7, 11) is 0. The minimum absolute atomic E-state index is 0.0204. The second-order valence-corrected chi connectivity index (χ2v) is 6.99. The Kier molecular flexibility index (Phi) is 4.32. The minimum atomic E-state index is -0.0204. The molecular formula is C18H20N4OS. The maximum absolute atomic E-state index is 12.5. The zero-order valence-corrected chi connectivity index (χ0v) is 14.2. The van der Waals surface area contributed by atoms with Gasteiger partial charge in [-0.3, -0.25) is 10.2 Å². The number of hydrogen-bond acceptors (Lipinski definition) is 4. The monoisotopic (exact) mass is 340 g/mol. The first-order valence-corrected chi connectivity index (χ1v) is 9.04. The van der Waals surface area contributed by atoms with E-state index in [-0.39, 0.29) is 6.03 Å². The van der Waals surface area contributed by atoms with Crippen LogP contribution in [0.3, 0.4) is 0 Å². The van der Waals surface area contributed by atoms with Crippen LogP contribution in [0.1, 0.15) is 6.42 Å². The van der Waals surface area contributed by atoms with Gasteiger partial charge < -0.3 is 4.90 Å². The molecular weight excluding hydrogens is 320 g/mol. The summed E-state index contributed by atoms with van der Waals surface area (Å²) in [6.07, 6.45) is 5.45. The van der Waals surface area contributed by atoms with E-state index in [1.54, 1.807) is 0 Å². The highest BCUT2D eigenvalue weighted by Gasteiger charge is 2.30. The Morgan fingerprint density at radius 3 is 2.79 bits per heavy atom. The van der Waals surface area contributed by atoms with Gasteiger partial charge in [0, 0.05) is 43.9 Å². The van der Waals surface area contributed by atoms with Crippen LogP contribution in [-0.4, -0.2) is 52.4 Å². The van der Waals surface area contributed by atoms with Crippen molar-refractivity contribution in [1.82, 2.24) is 14.2 Å². The van der Waals surface area contributed by atoms with Gasteiger partial charge >= 0.3 is 6.03 Å². The number of aromatic nitrogens is 1. The molecule has 6 heteroatoms. The number of likely N-dealkylation sites (tertiary alicyclic amines) is 1. The lowest BCUT2D eigenvalue weighted by atomic mass is 10.2. The summed E-state index contributed by atoms with van der Waals surface area (Å²) < 4.78 is 4.44. The highest BCUT2D eigenvalue weighted by atomic mass is 32.1. The molecule has 1 fully saturated rings. The molecule has 3 heterocycles. The predicted octanol–water partition coefficient (Wildman–Crippen LogP) is 3.29. The summed E-state index contributed by atoms with van der Waals surface area (Å²) in [4.78, 5) is 16.8. The molecule has 4 rings (SSSR count). The van der Waals surface area contributed by atoms with E-state index in [9.17, 15) is 4.79 Å². The second-order valence-electron chi connectivity index (χ2n) is 6.19. The summed E-state index contributed by atoms with van der Waals surface area (Å²) in [5.41, 5.74) is 1.97. The molecule has 2 aliphatic heterocycles. The van der Waals surface area contributed by atoms with Gasteiger partial charge in [0.25, 0.3) is 0 Å². The Bertz CT molecular complexity index is 734. The van der Waals surface area contributed by atoms with Crippen LogP contribution in [0.15, 0.2) is 48.6 Å². The molecule has 0 unspecified atom stereocenters. The fourth-order valence-corrected chi connectivity index (χ4v) is 3.93. The van der Waals surface area contributed by atoms with Gasteiger partial charge in [0.1, 0.15) is 5.00 Å². The van der Waals surface area contributed by atoms with Crippen LogP contribution >= 0.6 is 11.5 Å². The van der Waals surface area contributed by atoms with Gasteiger partial charge in [-0.1, -0.05) is 42.5 Å². The van der Waals surface area contributed by atoms with Crippen LogP contribution in [0.25, 0.3) is 11.3 Å². The SMILES string of the molecule is O=C(Nc1cc(-c2ccccc2)ns1)N1CC[C@@H](N2CC=CC2)C1. The third-order valence-corrected chi connectivity index (χ3v) is 5.33. The molecule has 2 amide bonds. The van der Waals surface area contributed by atoms with Crippen LogP contribution in [-0.2, 0) is 0 Å². The average molecular weight is 340 g/mol. The van der Waals surface area contributed by atoms with Gasteiger partial charge in [-0.05, 0) is 18.0 Å². The molecule has 0 bridgehead atoms. The number of urea groups is 1. The fraction of sp³-hybridized carbons (Fsp3) is 0.333. The number of amides is 2. The lowest BCUT2D eigenvalue weighted by Crippen LogP contribution is -2.38. The number of carbonyl (C=O) groups is 1. The Hall–Kier alpha value is -2.18. The molecule has 2 aromatic rings. The summed E-state index contributed by atoms with van der Waals surface area (Å²) in [6.45, 7) is 3.64. The summed E-state index contributed by atoms with van der Waals surface area (Å²) in [5, 5.41) is 3.79. The van der Waals surface area contributed by atoms with Crippen molar-refractivity contribution in [3.63, 3.8) is 0 Å². The molecule has 0 aliphatic carbocycles. The van der Waals surface area contributed by atoms with E-state index < -0.39 is 0 Å². The van der Waals surface area contributed by atoms with Gasteiger partial charge in [0.15, 0.2) is 0 Å². The number of hydrogen-bond donors (Lipinski definition) is 1. The van der Waals surface area contributed by atoms with Crippen molar-refractivity contribution in [1.29, 1.82) is 0 Å². The van der Waals surface area contributed by atoms with Gasteiger partial charge in [-0.25, -0.2) is 4.79 Å². The van der Waals surface area contributed by atoms with E-state index in [0.717, 1.165) is 48.9 Å². The van der Waals surface area contributed by atoms with Crippen molar-refractivity contribution >= 4 is 22.6 Å².